The topological polar surface area (TPSA) is 52.6 Å². The van der Waals surface area contributed by atoms with Gasteiger partial charge >= 0.3 is 6.18 Å². The number of nitrogens with zero attached hydrogens (tertiary/aromatic N) is 1. The van der Waals surface area contributed by atoms with E-state index in [1.165, 1.54) is 11.3 Å². The van der Waals surface area contributed by atoms with E-state index in [1.807, 2.05) is 17.5 Å². The lowest BCUT2D eigenvalue weighted by molar-refractivity contribution is -0.149. The average molecular weight is 310 g/mol. The van der Waals surface area contributed by atoms with Crippen LogP contribution in [0.15, 0.2) is 17.5 Å². The monoisotopic (exact) mass is 310 g/mol. The fourth-order valence-corrected chi connectivity index (χ4v) is 2.44. The Hall–Kier alpha value is -1.12. The van der Waals surface area contributed by atoms with E-state index in [0.717, 1.165) is 9.78 Å². The smallest absolute Gasteiger partial charge is 0.395 e. The molecule has 0 aliphatic rings. The van der Waals surface area contributed by atoms with Crippen molar-refractivity contribution in [2.75, 3.05) is 26.2 Å². The number of hydrogen-bond donors (Lipinski definition) is 2. The summed E-state index contributed by atoms with van der Waals surface area (Å²) >= 11 is 1.46. The van der Waals surface area contributed by atoms with Crippen molar-refractivity contribution in [3.05, 3.63) is 22.4 Å². The number of alkyl halides is 3. The van der Waals surface area contributed by atoms with Crippen LogP contribution in [0.1, 0.15) is 17.8 Å². The van der Waals surface area contributed by atoms with Crippen molar-refractivity contribution in [3.63, 3.8) is 0 Å². The molecule has 2 N–H and O–H groups in total. The van der Waals surface area contributed by atoms with Crippen LogP contribution in [0.5, 0.6) is 0 Å². The maximum atomic E-state index is 12.3. The molecule has 4 nitrogen and oxygen atoms in total. The number of amides is 1. The summed E-state index contributed by atoms with van der Waals surface area (Å²) in [6.07, 6.45) is -4.39. The van der Waals surface area contributed by atoms with Crippen molar-refractivity contribution in [1.82, 2.24) is 10.2 Å². The fraction of sp³-hybridized carbons (Fsp3) is 0.583. The Bertz CT molecular complexity index is 409. The number of thiophene rings is 1. The lowest BCUT2D eigenvalue weighted by Crippen LogP contribution is -2.43. The maximum Gasteiger partial charge on any atom is 0.401 e. The van der Waals surface area contributed by atoms with E-state index in [9.17, 15) is 18.0 Å². The number of hydrogen-bond acceptors (Lipinski definition) is 4. The quantitative estimate of drug-likeness (QED) is 0.807. The van der Waals surface area contributed by atoms with Gasteiger partial charge in [0, 0.05) is 11.4 Å². The van der Waals surface area contributed by atoms with Crippen LogP contribution in [0.2, 0.25) is 0 Å². The van der Waals surface area contributed by atoms with Gasteiger partial charge in [-0.1, -0.05) is 6.07 Å². The maximum absolute atomic E-state index is 12.3. The fourth-order valence-electron chi connectivity index (χ4n) is 1.71. The van der Waals surface area contributed by atoms with Crippen LogP contribution in [0.3, 0.4) is 0 Å². The molecule has 1 aromatic heterocycles. The van der Waals surface area contributed by atoms with Crippen LogP contribution < -0.4 is 5.32 Å². The molecule has 1 amide bonds. The lowest BCUT2D eigenvalue weighted by atomic mass is 10.2. The number of nitrogens with one attached hydrogen (secondary N) is 1. The SMILES string of the molecule is CC(NC(=O)CN(CCO)CC(F)(F)F)c1cccs1. The highest BCUT2D eigenvalue weighted by Gasteiger charge is 2.31. The summed E-state index contributed by atoms with van der Waals surface area (Å²) in [4.78, 5) is 13.5. The summed E-state index contributed by atoms with van der Waals surface area (Å²) in [6.45, 7) is -0.460. The van der Waals surface area contributed by atoms with Crippen molar-refractivity contribution in [2.45, 2.75) is 19.1 Å². The second-order valence-electron chi connectivity index (χ2n) is 4.35. The van der Waals surface area contributed by atoms with Gasteiger partial charge in [-0.2, -0.15) is 13.2 Å². The summed E-state index contributed by atoms with van der Waals surface area (Å²) < 4.78 is 36.9. The van der Waals surface area contributed by atoms with Crippen molar-refractivity contribution in [1.29, 1.82) is 0 Å². The molecular formula is C12H17F3N2O2S. The Morgan fingerprint density at radius 2 is 2.25 bits per heavy atom. The number of carbonyl (C=O) groups is 1. The molecule has 0 spiro atoms. The zero-order valence-electron chi connectivity index (χ0n) is 11.0. The van der Waals surface area contributed by atoms with E-state index >= 15 is 0 Å². The van der Waals surface area contributed by atoms with Gasteiger partial charge in [0.1, 0.15) is 0 Å². The van der Waals surface area contributed by atoms with Crippen LogP contribution in [0.25, 0.3) is 0 Å². The summed E-state index contributed by atoms with van der Waals surface area (Å²) in [5.41, 5.74) is 0. The third kappa shape index (κ3) is 6.36. The zero-order valence-corrected chi connectivity index (χ0v) is 11.8. The molecule has 114 valence electrons. The van der Waals surface area contributed by atoms with Gasteiger partial charge in [-0.15, -0.1) is 11.3 Å². The minimum atomic E-state index is -4.39. The normalized spacial score (nSPS) is 13.5. The van der Waals surface area contributed by atoms with Crippen molar-refractivity contribution in [2.24, 2.45) is 0 Å². The molecule has 0 aliphatic heterocycles. The van der Waals surface area contributed by atoms with E-state index in [-0.39, 0.29) is 12.6 Å². The Balaban J connectivity index is 2.49. The molecule has 0 saturated heterocycles. The largest absolute Gasteiger partial charge is 0.401 e. The highest BCUT2D eigenvalue weighted by molar-refractivity contribution is 7.10. The molecule has 1 aromatic rings. The first-order valence-electron chi connectivity index (χ1n) is 6.04. The Labute approximate surface area is 119 Å². The lowest BCUT2D eigenvalue weighted by Gasteiger charge is -2.23. The third-order valence-corrected chi connectivity index (χ3v) is 3.59. The van der Waals surface area contributed by atoms with E-state index < -0.39 is 31.8 Å². The molecule has 0 saturated carbocycles. The van der Waals surface area contributed by atoms with Crippen LogP contribution in [0.4, 0.5) is 13.2 Å². The molecule has 0 aromatic carbocycles. The van der Waals surface area contributed by atoms with Crippen molar-refractivity contribution >= 4 is 17.2 Å². The van der Waals surface area contributed by atoms with E-state index in [4.69, 9.17) is 5.11 Å². The molecule has 1 rings (SSSR count). The average Bonchev–Trinajstić information content (AvgIpc) is 2.79. The molecule has 1 atom stereocenters. The Kier molecular flexibility index (Phi) is 6.44. The third-order valence-electron chi connectivity index (χ3n) is 2.53. The first-order valence-corrected chi connectivity index (χ1v) is 6.92. The van der Waals surface area contributed by atoms with Crippen LogP contribution in [-0.4, -0.2) is 48.3 Å². The van der Waals surface area contributed by atoms with Crippen molar-refractivity contribution < 1.29 is 23.1 Å². The van der Waals surface area contributed by atoms with E-state index in [0.29, 0.717) is 0 Å². The standard InChI is InChI=1S/C12H17F3N2O2S/c1-9(10-3-2-6-20-10)16-11(19)7-17(4-5-18)8-12(13,14)15/h2-3,6,9,18H,4-5,7-8H2,1H3,(H,16,19). The van der Waals surface area contributed by atoms with Crippen LogP contribution in [0, 0.1) is 0 Å². The summed E-state index contributed by atoms with van der Waals surface area (Å²) in [5, 5.41) is 13.2. The highest BCUT2D eigenvalue weighted by Crippen LogP contribution is 2.18. The van der Waals surface area contributed by atoms with Gasteiger partial charge in [0.05, 0.1) is 25.7 Å². The number of halogens is 3. The number of aliphatic hydroxyl groups excluding tert-OH is 1. The Morgan fingerprint density at radius 3 is 2.75 bits per heavy atom. The zero-order chi connectivity index (χ0) is 15.2. The molecule has 0 fully saturated rings. The molecule has 0 aliphatic carbocycles. The first kappa shape index (κ1) is 16.9. The first-order chi connectivity index (χ1) is 9.31. The highest BCUT2D eigenvalue weighted by atomic mass is 32.1. The van der Waals surface area contributed by atoms with E-state index in [2.05, 4.69) is 5.32 Å². The molecule has 8 heteroatoms. The predicted molar refractivity (Wildman–Crippen MR) is 70.5 cm³/mol. The van der Waals surface area contributed by atoms with Gasteiger partial charge in [-0.25, -0.2) is 0 Å². The predicted octanol–water partition coefficient (Wildman–Crippen LogP) is 1.78. The second-order valence-corrected chi connectivity index (χ2v) is 5.33. The molecule has 1 unspecified atom stereocenters. The molecule has 20 heavy (non-hydrogen) atoms. The van der Waals surface area contributed by atoms with Gasteiger partial charge < -0.3 is 10.4 Å². The number of rotatable bonds is 7. The van der Waals surface area contributed by atoms with Gasteiger partial charge in [-0.05, 0) is 18.4 Å². The molecule has 1 heterocycles. The molecular weight excluding hydrogens is 293 g/mol. The summed E-state index contributed by atoms with van der Waals surface area (Å²) in [6, 6.07) is 3.44. The van der Waals surface area contributed by atoms with Gasteiger partial charge in [0.25, 0.3) is 0 Å². The second kappa shape index (κ2) is 7.61. The minimum absolute atomic E-state index is 0.194. The van der Waals surface area contributed by atoms with Gasteiger partial charge in [-0.3, -0.25) is 9.69 Å². The molecule has 0 bridgehead atoms. The summed E-state index contributed by atoms with van der Waals surface area (Å²) in [7, 11) is 0. The number of carbonyl (C=O) groups excluding carboxylic acids is 1. The number of aliphatic hydroxyl groups is 1. The summed E-state index contributed by atoms with van der Waals surface area (Å²) in [5.74, 6) is -0.497. The van der Waals surface area contributed by atoms with E-state index in [1.54, 1.807) is 6.92 Å². The Morgan fingerprint density at radius 1 is 1.55 bits per heavy atom. The minimum Gasteiger partial charge on any atom is -0.395 e. The van der Waals surface area contributed by atoms with Crippen LogP contribution in [-0.2, 0) is 4.79 Å². The van der Waals surface area contributed by atoms with Crippen molar-refractivity contribution in [3.8, 4) is 0 Å². The molecule has 0 radical (unpaired) electrons. The van der Waals surface area contributed by atoms with Crippen LogP contribution >= 0.6 is 11.3 Å². The van der Waals surface area contributed by atoms with Gasteiger partial charge in [0.2, 0.25) is 5.91 Å². The van der Waals surface area contributed by atoms with Gasteiger partial charge in [0.15, 0.2) is 0 Å².